The Morgan fingerprint density at radius 2 is 1.46 bits per heavy atom. The van der Waals surface area contributed by atoms with Crippen molar-refractivity contribution in [2.45, 2.75) is 22.1 Å². The maximum absolute atomic E-state index is 13.1. The standard InChI is InChI=1S/C20H12F6N2O6S/c21-19(22,23)10-5-11(20(24,25)26)7-13(6-10)35(33,34)12-1-2-14-9(3-12)4-15(29)17(28-14)18(32)27-8-16(30)31/h1-7,29H,8H2,(H,27,32)(H,30,31). The number of hydrogen-bond donors (Lipinski definition) is 3. The lowest BCUT2D eigenvalue weighted by molar-refractivity contribution is -0.143. The average Bonchev–Trinajstić information content (AvgIpc) is 2.75. The molecule has 8 nitrogen and oxygen atoms in total. The summed E-state index contributed by atoms with van der Waals surface area (Å²) in [5.74, 6) is -3.22. The first kappa shape index (κ1) is 25.7. The van der Waals surface area contributed by atoms with E-state index in [1.165, 1.54) is 0 Å². The van der Waals surface area contributed by atoms with Crippen molar-refractivity contribution in [3.63, 3.8) is 0 Å². The molecular formula is C20H12F6N2O6S. The Morgan fingerprint density at radius 3 is 1.97 bits per heavy atom. The fourth-order valence-corrected chi connectivity index (χ4v) is 4.30. The van der Waals surface area contributed by atoms with Crippen molar-refractivity contribution in [2.24, 2.45) is 0 Å². The molecule has 0 aliphatic rings. The summed E-state index contributed by atoms with van der Waals surface area (Å²) in [6.07, 6.45) is -10.5. The quantitative estimate of drug-likeness (QED) is 0.436. The van der Waals surface area contributed by atoms with Gasteiger partial charge >= 0.3 is 18.3 Å². The van der Waals surface area contributed by atoms with Gasteiger partial charge in [-0.1, -0.05) is 0 Å². The van der Waals surface area contributed by atoms with E-state index in [4.69, 9.17) is 5.11 Å². The number of carbonyl (C=O) groups is 2. The van der Waals surface area contributed by atoms with Gasteiger partial charge in [0.2, 0.25) is 9.84 Å². The minimum Gasteiger partial charge on any atom is -0.505 e. The number of carboxylic acid groups (broad SMARTS) is 1. The predicted octanol–water partition coefficient (Wildman–Crippen LogP) is 3.63. The second-order valence-electron chi connectivity index (χ2n) is 7.03. The molecule has 1 heterocycles. The highest BCUT2D eigenvalue weighted by atomic mass is 32.2. The van der Waals surface area contributed by atoms with Gasteiger partial charge in [0.05, 0.1) is 26.4 Å². The van der Waals surface area contributed by atoms with Crippen molar-refractivity contribution in [3.8, 4) is 5.75 Å². The molecule has 0 saturated heterocycles. The lowest BCUT2D eigenvalue weighted by Gasteiger charge is -2.15. The zero-order valence-electron chi connectivity index (χ0n) is 16.9. The van der Waals surface area contributed by atoms with Crippen LogP contribution >= 0.6 is 0 Å². The van der Waals surface area contributed by atoms with Gasteiger partial charge in [-0.3, -0.25) is 9.59 Å². The van der Waals surface area contributed by atoms with Crippen LogP contribution in [0, 0.1) is 0 Å². The maximum atomic E-state index is 13.1. The topological polar surface area (TPSA) is 134 Å². The molecule has 1 aromatic heterocycles. The van der Waals surface area contributed by atoms with Gasteiger partial charge in [-0.2, -0.15) is 26.3 Å². The Labute approximate surface area is 191 Å². The maximum Gasteiger partial charge on any atom is 0.416 e. The molecule has 0 saturated carbocycles. The molecule has 2 aromatic carbocycles. The highest BCUT2D eigenvalue weighted by molar-refractivity contribution is 7.91. The molecule has 0 atom stereocenters. The molecule has 35 heavy (non-hydrogen) atoms. The largest absolute Gasteiger partial charge is 0.505 e. The molecule has 3 N–H and O–H groups in total. The Morgan fingerprint density at radius 1 is 0.886 bits per heavy atom. The van der Waals surface area contributed by atoms with Gasteiger partial charge in [0.1, 0.15) is 12.3 Å². The molecule has 186 valence electrons. The number of pyridine rings is 1. The van der Waals surface area contributed by atoms with Gasteiger partial charge in [-0.25, -0.2) is 13.4 Å². The zero-order chi connectivity index (χ0) is 26.3. The molecule has 3 rings (SSSR count). The molecule has 0 fully saturated rings. The Balaban J connectivity index is 2.11. The van der Waals surface area contributed by atoms with Crippen molar-refractivity contribution < 1.29 is 54.6 Å². The number of nitrogens with zero attached hydrogens (tertiary/aromatic N) is 1. The average molecular weight is 522 g/mol. The summed E-state index contributed by atoms with van der Waals surface area (Å²) in [6, 6.07) is 3.50. The molecule has 0 unspecified atom stereocenters. The summed E-state index contributed by atoms with van der Waals surface area (Å²) in [5, 5.41) is 20.5. The van der Waals surface area contributed by atoms with Crippen molar-refractivity contribution in [2.75, 3.05) is 6.54 Å². The number of halogens is 6. The monoisotopic (exact) mass is 522 g/mol. The molecule has 0 aliphatic carbocycles. The van der Waals surface area contributed by atoms with Crippen molar-refractivity contribution >= 4 is 32.6 Å². The Bertz CT molecular complexity index is 1420. The third-order valence-corrected chi connectivity index (χ3v) is 6.29. The molecule has 0 bridgehead atoms. The summed E-state index contributed by atoms with van der Waals surface area (Å²) in [4.78, 5) is 24.4. The number of aliphatic carboxylic acids is 1. The van der Waals surface area contributed by atoms with E-state index in [9.17, 15) is 49.5 Å². The van der Waals surface area contributed by atoms with Crippen LogP contribution in [0.4, 0.5) is 26.3 Å². The van der Waals surface area contributed by atoms with Gasteiger partial charge in [-0.15, -0.1) is 0 Å². The third kappa shape index (κ3) is 5.45. The minimum atomic E-state index is -5.26. The van der Waals surface area contributed by atoms with E-state index >= 15 is 0 Å². The summed E-state index contributed by atoms with van der Waals surface area (Å²) in [7, 11) is -4.91. The third-order valence-electron chi connectivity index (χ3n) is 4.56. The van der Waals surface area contributed by atoms with E-state index in [2.05, 4.69) is 4.98 Å². The van der Waals surface area contributed by atoms with Crippen LogP contribution in [0.1, 0.15) is 21.6 Å². The van der Waals surface area contributed by atoms with E-state index in [1.807, 2.05) is 5.32 Å². The Kier molecular flexibility index (Phi) is 6.41. The summed E-state index contributed by atoms with van der Waals surface area (Å²) >= 11 is 0. The number of hydrogen-bond acceptors (Lipinski definition) is 6. The summed E-state index contributed by atoms with van der Waals surface area (Å²) in [6.45, 7) is -0.786. The number of rotatable bonds is 5. The van der Waals surface area contributed by atoms with Gasteiger partial charge in [0.15, 0.2) is 5.69 Å². The molecule has 0 spiro atoms. The lowest BCUT2D eigenvalue weighted by atomic mass is 10.1. The number of sulfone groups is 1. The summed E-state index contributed by atoms with van der Waals surface area (Å²) < 4.78 is 105. The van der Waals surface area contributed by atoms with E-state index in [-0.39, 0.29) is 29.1 Å². The van der Waals surface area contributed by atoms with E-state index in [1.54, 1.807) is 0 Å². The number of alkyl halides is 6. The van der Waals surface area contributed by atoms with Crippen LogP contribution < -0.4 is 5.32 Å². The minimum absolute atomic E-state index is 0.0698. The van der Waals surface area contributed by atoms with Crippen LogP contribution in [-0.4, -0.2) is 42.0 Å². The normalized spacial score (nSPS) is 12.5. The first-order valence-corrected chi connectivity index (χ1v) is 10.7. The van der Waals surface area contributed by atoms with E-state index < -0.39 is 73.0 Å². The van der Waals surface area contributed by atoms with Gasteiger partial charge < -0.3 is 15.5 Å². The Hall–Kier alpha value is -3.88. The smallest absolute Gasteiger partial charge is 0.416 e. The zero-order valence-corrected chi connectivity index (χ0v) is 17.7. The van der Waals surface area contributed by atoms with Crippen LogP contribution in [-0.2, 0) is 27.0 Å². The fourth-order valence-electron chi connectivity index (χ4n) is 2.93. The second-order valence-corrected chi connectivity index (χ2v) is 8.98. The molecule has 0 radical (unpaired) electrons. The number of nitrogens with one attached hydrogen (secondary N) is 1. The van der Waals surface area contributed by atoms with Gasteiger partial charge in [-0.05, 0) is 42.5 Å². The van der Waals surface area contributed by atoms with E-state index in [0.29, 0.717) is 0 Å². The first-order chi connectivity index (χ1) is 16.0. The highest BCUT2D eigenvalue weighted by Gasteiger charge is 2.38. The van der Waals surface area contributed by atoms with Crippen LogP contribution in [0.15, 0.2) is 52.3 Å². The molecule has 0 aliphatic heterocycles. The molecular weight excluding hydrogens is 510 g/mol. The van der Waals surface area contributed by atoms with Crippen LogP contribution in [0.25, 0.3) is 10.9 Å². The number of carboxylic acids is 1. The number of fused-ring (bicyclic) bond motifs is 1. The fraction of sp³-hybridized carbons (Fsp3) is 0.150. The van der Waals surface area contributed by atoms with Crippen molar-refractivity contribution in [3.05, 3.63) is 59.3 Å². The number of benzene rings is 2. The first-order valence-electron chi connectivity index (χ1n) is 9.18. The predicted molar refractivity (Wildman–Crippen MR) is 105 cm³/mol. The summed E-state index contributed by atoms with van der Waals surface area (Å²) in [5.41, 5.74) is -4.31. The van der Waals surface area contributed by atoms with Crippen LogP contribution in [0.5, 0.6) is 5.75 Å². The number of aromatic nitrogens is 1. The number of carbonyl (C=O) groups excluding carboxylic acids is 1. The van der Waals surface area contributed by atoms with Crippen molar-refractivity contribution in [1.82, 2.24) is 10.3 Å². The SMILES string of the molecule is O=C(O)CNC(=O)c1nc2ccc(S(=O)(=O)c3cc(C(F)(F)F)cc(C(F)(F)F)c3)cc2cc1O. The molecule has 3 aromatic rings. The lowest BCUT2D eigenvalue weighted by Crippen LogP contribution is -2.29. The second kappa shape index (κ2) is 8.72. The van der Waals surface area contributed by atoms with Crippen LogP contribution in [0.2, 0.25) is 0 Å². The number of amides is 1. The highest BCUT2D eigenvalue weighted by Crippen LogP contribution is 2.38. The van der Waals surface area contributed by atoms with Gasteiger partial charge in [0.25, 0.3) is 5.91 Å². The molecule has 15 heteroatoms. The van der Waals surface area contributed by atoms with E-state index in [0.717, 1.165) is 24.3 Å². The van der Waals surface area contributed by atoms with Gasteiger partial charge in [0, 0.05) is 5.39 Å². The molecule has 1 amide bonds. The number of aromatic hydroxyl groups is 1. The van der Waals surface area contributed by atoms with Crippen molar-refractivity contribution in [1.29, 1.82) is 0 Å². The van der Waals surface area contributed by atoms with Crippen LogP contribution in [0.3, 0.4) is 0 Å².